The Kier molecular flexibility index (Phi) is 3.73. The highest BCUT2D eigenvalue weighted by molar-refractivity contribution is 5.87. The summed E-state index contributed by atoms with van der Waals surface area (Å²) >= 11 is 0. The van der Waals surface area contributed by atoms with E-state index in [4.69, 9.17) is 9.15 Å². The van der Waals surface area contributed by atoms with Crippen LogP contribution in [0.1, 0.15) is 68.6 Å². The van der Waals surface area contributed by atoms with Crippen LogP contribution in [-0.2, 0) is 16.6 Å². The third kappa shape index (κ3) is 2.28. The Hall–Kier alpha value is -1.32. The second-order valence-electron chi connectivity index (χ2n) is 5.14. The molecule has 0 bridgehead atoms. The summed E-state index contributed by atoms with van der Waals surface area (Å²) in [6.07, 6.45) is 5.26. The number of carbonyl (C=O) groups excluding carboxylic acids is 1. The second kappa shape index (κ2) is 5.12. The molecule has 18 heavy (non-hydrogen) atoms. The van der Waals surface area contributed by atoms with Gasteiger partial charge in [0, 0.05) is 5.41 Å². The normalized spacial score (nSPS) is 17.9. The van der Waals surface area contributed by atoms with Crippen molar-refractivity contribution in [3.8, 4) is 0 Å². The Morgan fingerprint density at radius 2 is 2.06 bits per heavy atom. The molecule has 0 spiro atoms. The lowest BCUT2D eigenvalue weighted by Gasteiger charge is -2.18. The van der Waals surface area contributed by atoms with Crippen molar-refractivity contribution in [3.63, 3.8) is 0 Å². The first-order valence-electron chi connectivity index (χ1n) is 6.78. The molecule has 1 aliphatic rings. The van der Waals surface area contributed by atoms with Gasteiger partial charge >= 0.3 is 5.97 Å². The van der Waals surface area contributed by atoms with E-state index >= 15 is 0 Å². The molecule has 1 heterocycles. The minimum absolute atomic E-state index is 0.00529. The molecule has 1 saturated carbocycles. The van der Waals surface area contributed by atoms with Crippen LogP contribution in [0.5, 0.6) is 0 Å². The zero-order valence-electron chi connectivity index (χ0n) is 11.4. The average Bonchev–Trinajstić information content (AvgIpc) is 2.96. The van der Waals surface area contributed by atoms with Crippen LogP contribution in [0.15, 0.2) is 4.42 Å². The summed E-state index contributed by atoms with van der Waals surface area (Å²) < 4.78 is 10.7. The number of aromatic nitrogens is 1. The molecule has 4 heteroatoms. The SMILES string of the molecule is CCOC(=O)c1oc(C2(C)CCCC2)nc1CC. The number of esters is 1. The van der Waals surface area contributed by atoms with Crippen LogP contribution >= 0.6 is 0 Å². The molecule has 0 atom stereocenters. The minimum atomic E-state index is -0.394. The third-order valence-corrected chi connectivity index (χ3v) is 3.72. The minimum Gasteiger partial charge on any atom is -0.460 e. The quantitative estimate of drug-likeness (QED) is 0.771. The monoisotopic (exact) mass is 251 g/mol. The summed E-state index contributed by atoms with van der Waals surface area (Å²) in [5.74, 6) is 0.608. The summed E-state index contributed by atoms with van der Waals surface area (Å²) in [6, 6.07) is 0. The van der Waals surface area contributed by atoms with E-state index in [9.17, 15) is 4.79 Å². The highest BCUT2D eigenvalue weighted by atomic mass is 16.5. The van der Waals surface area contributed by atoms with Crippen molar-refractivity contribution in [2.75, 3.05) is 6.61 Å². The molecule has 1 aliphatic carbocycles. The summed E-state index contributed by atoms with van der Waals surface area (Å²) in [5, 5.41) is 0. The van der Waals surface area contributed by atoms with Crippen LogP contribution in [0, 0.1) is 0 Å². The second-order valence-corrected chi connectivity index (χ2v) is 5.14. The van der Waals surface area contributed by atoms with Crippen molar-refractivity contribution in [1.82, 2.24) is 4.98 Å². The molecule has 0 radical (unpaired) electrons. The van der Waals surface area contributed by atoms with Gasteiger partial charge in [0.25, 0.3) is 0 Å². The highest BCUT2D eigenvalue weighted by Crippen LogP contribution is 2.40. The molecule has 0 saturated heterocycles. The van der Waals surface area contributed by atoms with Gasteiger partial charge in [0.1, 0.15) is 0 Å². The van der Waals surface area contributed by atoms with Crippen LogP contribution < -0.4 is 0 Å². The summed E-state index contributed by atoms with van der Waals surface area (Å²) in [6.45, 7) is 6.29. The van der Waals surface area contributed by atoms with Gasteiger partial charge in [0.2, 0.25) is 11.7 Å². The third-order valence-electron chi connectivity index (χ3n) is 3.72. The molecule has 0 unspecified atom stereocenters. The zero-order valence-corrected chi connectivity index (χ0v) is 11.4. The maximum atomic E-state index is 11.8. The van der Waals surface area contributed by atoms with Gasteiger partial charge in [0.15, 0.2) is 0 Å². The number of carbonyl (C=O) groups is 1. The fraction of sp³-hybridized carbons (Fsp3) is 0.714. The first kappa shape index (κ1) is 13.1. The number of aryl methyl sites for hydroxylation is 1. The molecule has 0 N–H and O–H groups in total. The number of oxazole rings is 1. The van der Waals surface area contributed by atoms with Crippen molar-refractivity contribution in [2.45, 2.75) is 58.3 Å². The van der Waals surface area contributed by atoms with Crippen molar-refractivity contribution in [3.05, 3.63) is 17.3 Å². The fourth-order valence-corrected chi connectivity index (χ4v) is 2.57. The highest BCUT2D eigenvalue weighted by Gasteiger charge is 2.37. The van der Waals surface area contributed by atoms with Gasteiger partial charge in [-0.15, -0.1) is 0 Å². The van der Waals surface area contributed by atoms with Gasteiger partial charge in [-0.25, -0.2) is 9.78 Å². The van der Waals surface area contributed by atoms with E-state index < -0.39 is 5.97 Å². The molecule has 4 nitrogen and oxygen atoms in total. The van der Waals surface area contributed by atoms with Gasteiger partial charge in [-0.1, -0.05) is 26.7 Å². The predicted molar refractivity (Wildman–Crippen MR) is 67.7 cm³/mol. The van der Waals surface area contributed by atoms with E-state index in [2.05, 4.69) is 11.9 Å². The van der Waals surface area contributed by atoms with E-state index in [0.717, 1.165) is 18.5 Å². The maximum Gasteiger partial charge on any atom is 0.376 e. The van der Waals surface area contributed by atoms with Gasteiger partial charge in [0.05, 0.1) is 12.3 Å². The summed E-state index contributed by atoms with van der Waals surface area (Å²) in [4.78, 5) is 16.3. The molecule has 0 amide bonds. The molecule has 0 aliphatic heterocycles. The smallest absolute Gasteiger partial charge is 0.376 e. The molecule has 1 aromatic rings. The van der Waals surface area contributed by atoms with Gasteiger partial charge < -0.3 is 9.15 Å². The van der Waals surface area contributed by atoms with Crippen LogP contribution in [0.3, 0.4) is 0 Å². The lowest BCUT2D eigenvalue weighted by molar-refractivity contribution is 0.0484. The lowest BCUT2D eigenvalue weighted by Crippen LogP contribution is -2.17. The van der Waals surface area contributed by atoms with E-state index in [1.54, 1.807) is 6.92 Å². The molecular weight excluding hydrogens is 230 g/mol. The van der Waals surface area contributed by atoms with Gasteiger partial charge in [-0.3, -0.25) is 0 Å². The van der Waals surface area contributed by atoms with Crippen molar-refractivity contribution in [1.29, 1.82) is 0 Å². The first-order valence-corrected chi connectivity index (χ1v) is 6.78. The number of nitrogens with zero attached hydrogens (tertiary/aromatic N) is 1. The largest absolute Gasteiger partial charge is 0.460 e. The fourth-order valence-electron chi connectivity index (χ4n) is 2.57. The topological polar surface area (TPSA) is 52.3 Å². The van der Waals surface area contributed by atoms with E-state index in [-0.39, 0.29) is 5.41 Å². The van der Waals surface area contributed by atoms with Crippen molar-refractivity contribution >= 4 is 5.97 Å². The van der Waals surface area contributed by atoms with Crippen LogP contribution in [0.25, 0.3) is 0 Å². The predicted octanol–water partition coefficient (Wildman–Crippen LogP) is 3.25. The average molecular weight is 251 g/mol. The Balaban J connectivity index is 2.31. The van der Waals surface area contributed by atoms with E-state index in [0.29, 0.717) is 24.7 Å². The summed E-state index contributed by atoms with van der Waals surface area (Å²) in [5.41, 5.74) is 0.714. The molecule has 2 rings (SSSR count). The van der Waals surface area contributed by atoms with E-state index in [1.807, 2.05) is 6.92 Å². The van der Waals surface area contributed by atoms with Crippen molar-refractivity contribution in [2.24, 2.45) is 0 Å². The van der Waals surface area contributed by atoms with Crippen LogP contribution in [0.2, 0.25) is 0 Å². The standard InChI is InChI=1S/C14H21NO3/c1-4-10-11(12(16)17-5-2)18-13(15-10)14(3)8-6-7-9-14/h4-9H2,1-3H3. The zero-order chi connectivity index (χ0) is 13.2. The Morgan fingerprint density at radius 1 is 1.39 bits per heavy atom. The van der Waals surface area contributed by atoms with Crippen LogP contribution in [-0.4, -0.2) is 17.6 Å². The van der Waals surface area contributed by atoms with Crippen LogP contribution in [0.4, 0.5) is 0 Å². The Bertz CT molecular complexity index is 430. The van der Waals surface area contributed by atoms with Gasteiger partial charge in [-0.2, -0.15) is 0 Å². The molecular formula is C14H21NO3. The maximum absolute atomic E-state index is 11.8. The molecule has 100 valence electrons. The molecule has 1 aromatic heterocycles. The summed E-state index contributed by atoms with van der Waals surface area (Å²) in [7, 11) is 0. The number of ether oxygens (including phenoxy) is 1. The number of rotatable bonds is 4. The molecule has 0 aromatic carbocycles. The Labute approximate surface area is 108 Å². The number of hydrogen-bond acceptors (Lipinski definition) is 4. The van der Waals surface area contributed by atoms with Crippen molar-refractivity contribution < 1.29 is 13.9 Å². The number of hydrogen-bond donors (Lipinski definition) is 0. The molecule has 1 fully saturated rings. The Morgan fingerprint density at radius 3 is 2.61 bits per heavy atom. The van der Waals surface area contributed by atoms with E-state index in [1.165, 1.54) is 12.8 Å². The first-order chi connectivity index (χ1) is 8.60. The lowest BCUT2D eigenvalue weighted by atomic mass is 9.89. The van der Waals surface area contributed by atoms with Gasteiger partial charge in [-0.05, 0) is 26.2 Å².